The average molecular weight is 454 g/mol. The van der Waals surface area contributed by atoms with Crippen LogP contribution >= 0.6 is 0 Å². The maximum absolute atomic E-state index is 13.4. The number of carbonyl (C=O) groups excluding carboxylic acids is 1. The molecule has 1 atom stereocenters. The van der Waals surface area contributed by atoms with Crippen LogP contribution in [-0.2, 0) is 16.1 Å². The van der Waals surface area contributed by atoms with Gasteiger partial charge in [0.15, 0.2) is 0 Å². The summed E-state index contributed by atoms with van der Waals surface area (Å²) in [6, 6.07) is 24.7. The Morgan fingerprint density at radius 1 is 1.00 bits per heavy atom. The van der Waals surface area contributed by atoms with Gasteiger partial charge in [-0.2, -0.15) is 4.68 Å². The number of hydrogen-bond acceptors (Lipinski definition) is 7. The highest BCUT2D eigenvalue weighted by atomic mass is 16.5. The molecule has 0 bridgehead atoms. The van der Waals surface area contributed by atoms with Gasteiger partial charge in [0.1, 0.15) is 18.4 Å². The number of nitrogens with one attached hydrogen (secondary N) is 1. The van der Waals surface area contributed by atoms with E-state index < -0.39 is 12.0 Å². The van der Waals surface area contributed by atoms with Crippen LogP contribution in [0.15, 0.2) is 90.1 Å². The van der Waals surface area contributed by atoms with Gasteiger partial charge in [-0.3, -0.25) is 0 Å². The summed E-state index contributed by atoms with van der Waals surface area (Å²) < 4.78 is 12.6. The minimum Gasteiger partial charge on any atom is -0.497 e. The first-order valence-electron chi connectivity index (χ1n) is 10.9. The molecular weight excluding hydrogens is 430 g/mol. The molecule has 8 heteroatoms. The molecule has 0 saturated carbocycles. The number of ether oxygens (including phenoxy) is 2. The molecule has 0 saturated heterocycles. The maximum Gasteiger partial charge on any atom is 0.338 e. The Morgan fingerprint density at radius 3 is 2.50 bits per heavy atom. The van der Waals surface area contributed by atoms with Gasteiger partial charge in [-0.25, -0.2) is 4.79 Å². The Balaban J connectivity index is 1.56. The van der Waals surface area contributed by atoms with Crippen LogP contribution in [-0.4, -0.2) is 33.3 Å². The van der Waals surface area contributed by atoms with Gasteiger partial charge in [0.25, 0.3) is 0 Å². The molecule has 1 N–H and O–H groups in total. The van der Waals surface area contributed by atoms with Crippen molar-refractivity contribution in [1.29, 1.82) is 0 Å². The van der Waals surface area contributed by atoms with E-state index in [0.717, 1.165) is 28.0 Å². The second-order valence-corrected chi connectivity index (χ2v) is 7.89. The number of methoxy groups -OCH3 is 1. The highest BCUT2D eigenvalue weighted by molar-refractivity contribution is 5.93. The number of esters is 1. The molecule has 5 rings (SSSR count). The number of hydrogen-bond donors (Lipinski definition) is 1. The first-order valence-corrected chi connectivity index (χ1v) is 10.9. The zero-order valence-corrected chi connectivity index (χ0v) is 18.8. The van der Waals surface area contributed by atoms with E-state index >= 15 is 0 Å². The topological polar surface area (TPSA) is 91.2 Å². The molecule has 2 heterocycles. The molecule has 1 aliphatic rings. The van der Waals surface area contributed by atoms with E-state index in [0.29, 0.717) is 17.2 Å². The number of rotatable bonds is 6. The standard InChI is InChI=1S/C26H23N5O3/c1-17-23(25(32)34-16-18-8-4-3-5-9-18)24(31-26(27-17)28-29-30-31)22-11-7-6-10-21(22)19-12-14-20(33-2)15-13-19/h3-15,24H,16H2,1-2H3,(H,27,28,30). The van der Waals surface area contributed by atoms with E-state index in [9.17, 15) is 4.79 Å². The smallest absolute Gasteiger partial charge is 0.338 e. The number of carbonyl (C=O) groups is 1. The summed E-state index contributed by atoms with van der Waals surface area (Å²) >= 11 is 0. The third-order valence-corrected chi connectivity index (χ3v) is 5.80. The van der Waals surface area contributed by atoms with Crippen molar-refractivity contribution < 1.29 is 14.3 Å². The number of aromatic nitrogens is 4. The molecule has 34 heavy (non-hydrogen) atoms. The van der Waals surface area contributed by atoms with Gasteiger partial charge < -0.3 is 14.8 Å². The van der Waals surface area contributed by atoms with Gasteiger partial charge >= 0.3 is 5.97 Å². The van der Waals surface area contributed by atoms with Gasteiger partial charge in [-0.05, 0) is 51.7 Å². The highest BCUT2D eigenvalue weighted by Crippen LogP contribution is 2.39. The molecule has 3 aromatic carbocycles. The zero-order valence-electron chi connectivity index (χ0n) is 18.8. The molecule has 1 unspecified atom stereocenters. The van der Waals surface area contributed by atoms with Crippen LogP contribution in [0.1, 0.15) is 24.1 Å². The van der Waals surface area contributed by atoms with Crippen molar-refractivity contribution >= 4 is 11.9 Å². The van der Waals surface area contributed by atoms with Crippen LogP contribution in [0.2, 0.25) is 0 Å². The van der Waals surface area contributed by atoms with Crippen molar-refractivity contribution in [1.82, 2.24) is 20.2 Å². The molecule has 1 aliphatic heterocycles. The summed E-state index contributed by atoms with van der Waals surface area (Å²) in [6.07, 6.45) is 0. The third kappa shape index (κ3) is 4.01. The summed E-state index contributed by atoms with van der Waals surface area (Å²) in [5.41, 5.74) is 4.84. The molecule has 0 spiro atoms. The predicted molar refractivity (Wildman–Crippen MR) is 127 cm³/mol. The number of tetrazole rings is 1. The van der Waals surface area contributed by atoms with Crippen molar-refractivity contribution in [2.75, 3.05) is 12.4 Å². The Bertz CT molecular complexity index is 1350. The van der Waals surface area contributed by atoms with Crippen LogP contribution in [0.3, 0.4) is 0 Å². The van der Waals surface area contributed by atoms with E-state index in [4.69, 9.17) is 9.47 Å². The molecule has 0 radical (unpaired) electrons. The lowest BCUT2D eigenvalue weighted by Gasteiger charge is -2.29. The number of anilines is 1. The van der Waals surface area contributed by atoms with Gasteiger partial charge in [0.2, 0.25) is 5.95 Å². The monoisotopic (exact) mass is 453 g/mol. The van der Waals surface area contributed by atoms with Crippen LogP contribution in [0.5, 0.6) is 5.75 Å². The van der Waals surface area contributed by atoms with Crippen LogP contribution in [0, 0.1) is 0 Å². The molecule has 1 aromatic heterocycles. The number of benzene rings is 3. The zero-order chi connectivity index (χ0) is 23.5. The second-order valence-electron chi connectivity index (χ2n) is 7.89. The maximum atomic E-state index is 13.4. The van der Waals surface area contributed by atoms with Gasteiger partial charge in [0.05, 0.1) is 12.7 Å². The summed E-state index contributed by atoms with van der Waals surface area (Å²) in [6.45, 7) is 2.01. The molecule has 0 aliphatic carbocycles. The Hall–Kier alpha value is -4.46. The van der Waals surface area contributed by atoms with Gasteiger partial charge in [-0.15, -0.1) is 0 Å². The number of nitrogens with zero attached hydrogens (tertiary/aromatic N) is 4. The summed E-state index contributed by atoms with van der Waals surface area (Å²) in [5, 5.41) is 15.2. The van der Waals surface area contributed by atoms with Crippen LogP contribution in [0.25, 0.3) is 11.1 Å². The minimum absolute atomic E-state index is 0.172. The van der Waals surface area contributed by atoms with E-state index in [2.05, 4.69) is 20.8 Å². The fourth-order valence-electron chi connectivity index (χ4n) is 4.13. The van der Waals surface area contributed by atoms with Crippen LogP contribution < -0.4 is 10.1 Å². The lowest BCUT2D eigenvalue weighted by Crippen LogP contribution is -2.30. The van der Waals surface area contributed by atoms with Crippen molar-refractivity contribution in [3.8, 4) is 16.9 Å². The summed E-state index contributed by atoms with van der Waals surface area (Å²) in [7, 11) is 1.64. The lowest BCUT2D eigenvalue weighted by atomic mass is 9.89. The van der Waals surface area contributed by atoms with E-state index in [1.165, 1.54) is 0 Å². The Morgan fingerprint density at radius 2 is 1.74 bits per heavy atom. The molecule has 8 nitrogen and oxygen atoms in total. The lowest BCUT2D eigenvalue weighted by molar-refractivity contribution is -0.140. The quantitative estimate of drug-likeness (QED) is 0.433. The Labute approximate surface area is 196 Å². The van der Waals surface area contributed by atoms with E-state index in [1.54, 1.807) is 11.8 Å². The van der Waals surface area contributed by atoms with Crippen LogP contribution in [0.4, 0.5) is 5.95 Å². The molecule has 0 amide bonds. The average Bonchev–Trinajstić information content (AvgIpc) is 3.35. The summed E-state index contributed by atoms with van der Waals surface area (Å²) in [5.74, 6) is 0.808. The van der Waals surface area contributed by atoms with Crippen molar-refractivity contribution in [2.24, 2.45) is 0 Å². The normalized spacial score (nSPS) is 14.8. The predicted octanol–water partition coefficient (Wildman–Crippen LogP) is 4.38. The van der Waals surface area contributed by atoms with Crippen molar-refractivity contribution in [2.45, 2.75) is 19.6 Å². The molecule has 170 valence electrons. The molecule has 4 aromatic rings. The first kappa shape index (κ1) is 21.4. The van der Waals surface area contributed by atoms with E-state index in [1.807, 2.05) is 85.8 Å². The number of fused-ring (bicyclic) bond motifs is 1. The Kier molecular flexibility index (Phi) is 5.78. The highest BCUT2D eigenvalue weighted by Gasteiger charge is 2.36. The number of allylic oxidation sites excluding steroid dienone is 1. The third-order valence-electron chi connectivity index (χ3n) is 5.80. The largest absolute Gasteiger partial charge is 0.497 e. The fraction of sp³-hybridized carbons (Fsp3) is 0.154. The minimum atomic E-state index is -0.562. The fourth-order valence-corrected chi connectivity index (χ4v) is 4.13. The summed E-state index contributed by atoms with van der Waals surface area (Å²) in [4.78, 5) is 13.4. The van der Waals surface area contributed by atoms with Gasteiger partial charge in [0, 0.05) is 5.70 Å². The van der Waals surface area contributed by atoms with Gasteiger partial charge in [-0.1, -0.05) is 71.8 Å². The second kappa shape index (κ2) is 9.19. The van der Waals surface area contributed by atoms with Crippen molar-refractivity contribution in [3.05, 3.63) is 101 Å². The molecule has 0 fully saturated rings. The van der Waals surface area contributed by atoms with Crippen molar-refractivity contribution in [3.63, 3.8) is 0 Å². The van der Waals surface area contributed by atoms with E-state index in [-0.39, 0.29) is 6.61 Å². The SMILES string of the molecule is COc1ccc(-c2ccccc2C2C(C(=O)OCc3ccccc3)=C(C)Nc3nnnn32)cc1. The first-order chi connectivity index (χ1) is 16.7. The molecular formula is C26H23N5O3.